The Hall–Kier alpha value is -1.73. The van der Waals surface area contributed by atoms with Crippen molar-refractivity contribution in [1.29, 1.82) is 0 Å². The van der Waals surface area contributed by atoms with Gasteiger partial charge in [0.05, 0.1) is 26.3 Å². The SMILES string of the molecule is COc1cc(N)c(C(=O)NCc2sccc2Br)cc1OC. The maximum atomic E-state index is 12.2. The minimum Gasteiger partial charge on any atom is -0.493 e. The third-order valence-electron chi connectivity index (χ3n) is 2.90. The Morgan fingerprint density at radius 1 is 1.33 bits per heavy atom. The number of ether oxygens (including phenoxy) is 2. The van der Waals surface area contributed by atoms with Crippen molar-refractivity contribution in [2.24, 2.45) is 0 Å². The summed E-state index contributed by atoms with van der Waals surface area (Å²) in [7, 11) is 3.03. The fourth-order valence-electron chi connectivity index (χ4n) is 1.80. The van der Waals surface area contributed by atoms with Crippen molar-refractivity contribution < 1.29 is 14.3 Å². The molecule has 0 aliphatic carbocycles. The lowest BCUT2D eigenvalue weighted by atomic mass is 10.1. The molecule has 2 rings (SSSR count). The van der Waals surface area contributed by atoms with Gasteiger partial charge in [-0.1, -0.05) is 0 Å². The van der Waals surface area contributed by atoms with Crippen LogP contribution in [0.5, 0.6) is 11.5 Å². The van der Waals surface area contributed by atoms with E-state index in [0.29, 0.717) is 29.3 Å². The number of nitrogens with one attached hydrogen (secondary N) is 1. The van der Waals surface area contributed by atoms with Crippen LogP contribution in [0.1, 0.15) is 15.2 Å². The smallest absolute Gasteiger partial charge is 0.253 e. The summed E-state index contributed by atoms with van der Waals surface area (Å²) in [5.74, 6) is 0.704. The quantitative estimate of drug-likeness (QED) is 0.793. The topological polar surface area (TPSA) is 73.6 Å². The molecule has 1 aromatic heterocycles. The molecule has 1 amide bonds. The average Bonchev–Trinajstić information content (AvgIpc) is 2.89. The second-order valence-electron chi connectivity index (χ2n) is 4.17. The summed E-state index contributed by atoms with van der Waals surface area (Å²) in [6.07, 6.45) is 0. The Labute approximate surface area is 135 Å². The van der Waals surface area contributed by atoms with Crippen molar-refractivity contribution in [1.82, 2.24) is 5.32 Å². The summed E-state index contributed by atoms with van der Waals surface area (Å²) >= 11 is 4.99. The summed E-state index contributed by atoms with van der Waals surface area (Å²) in [5.41, 5.74) is 6.60. The van der Waals surface area contributed by atoms with E-state index in [0.717, 1.165) is 9.35 Å². The number of carbonyl (C=O) groups is 1. The predicted molar refractivity (Wildman–Crippen MR) is 87.1 cm³/mol. The molecule has 0 saturated heterocycles. The summed E-state index contributed by atoms with van der Waals surface area (Å²) in [6, 6.07) is 5.10. The highest BCUT2D eigenvalue weighted by atomic mass is 79.9. The molecule has 0 unspecified atom stereocenters. The lowest BCUT2D eigenvalue weighted by Crippen LogP contribution is -2.23. The van der Waals surface area contributed by atoms with Gasteiger partial charge in [0, 0.05) is 21.1 Å². The fourth-order valence-corrected chi connectivity index (χ4v) is 3.23. The second-order valence-corrected chi connectivity index (χ2v) is 6.02. The van der Waals surface area contributed by atoms with Crippen LogP contribution in [0.15, 0.2) is 28.1 Å². The van der Waals surface area contributed by atoms with Crippen molar-refractivity contribution in [3.63, 3.8) is 0 Å². The number of halogens is 1. The van der Waals surface area contributed by atoms with Gasteiger partial charge >= 0.3 is 0 Å². The molecule has 0 aliphatic rings. The first kappa shape index (κ1) is 15.7. The van der Waals surface area contributed by atoms with Crippen molar-refractivity contribution in [2.45, 2.75) is 6.54 Å². The third-order valence-corrected chi connectivity index (χ3v) is 4.83. The number of benzene rings is 1. The lowest BCUT2D eigenvalue weighted by Gasteiger charge is -2.12. The highest BCUT2D eigenvalue weighted by molar-refractivity contribution is 9.10. The molecule has 0 fully saturated rings. The molecule has 1 aromatic carbocycles. The van der Waals surface area contributed by atoms with Crippen molar-refractivity contribution in [3.8, 4) is 11.5 Å². The first-order chi connectivity index (χ1) is 10.1. The van der Waals surface area contributed by atoms with Crippen molar-refractivity contribution >= 4 is 38.9 Å². The Bertz CT molecular complexity index is 658. The molecule has 112 valence electrons. The van der Waals surface area contributed by atoms with Gasteiger partial charge in [-0.25, -0.2) is 0 Å². The third kappa shape index (κ3) is 3.48. The number of hydrogen-bond acceptors (Lipinski definition) is 5. The number of methoxy groups -OCH3 is 2. The maximum Gasteiger partial charge on any atom is 0.253 e. The standard InChI is InChI=1S/C14H15BrN2O3S/c1-19-11-5-8(10(16)6-12(11)20-2)14(18)17-7-13-9(15)3-4-21-13/h3-6H,7,16H2,1-2H3,(H,17,18). The van der Waals surface area contributed by atoms with Crippen LogP contribution in [0.25, 0.3) is 0 Å². The van der Waals surface area contributed by atoms with Gasteiger partial charge in [-0.3, -0.25) is 4.79 Å². The number of amides is 1. The Balaban J connectivity index is 2.17. The number of nitrogen functional groups attached to an aromatic ring is 1. The molecule has 0 radical (unpaired) electrons. The van der Waals surface area contributed by atoms with Crippen LogP contribution < -0.4 is 20.5 Å². The molecule has 0 spiro atoms. The second kappa shape index (κ2) is 6.82. The fraction of sp³-hybridized carbons (Fsp3) is 0.214. The zero-order valence-electron chi connectivity index (χ0n) is 11.6. The molecule has 7 heteroatoms. The molecule has 0 bridgehead atoms. The van der Waals surface area contributed by atoms with Gasteiger partial charge in [-0.15, -0.1) is 11.3 Å². The van der Waals surface area contributed by atoms with E-state index < -0.39 is 0 Å². The van der Waals surface area contributed by atoms with Crippen LogP contribution in [0, 0.1) is 0 Å². The molecule has 1 heterocycles. The van der Waals surface area contributed by atoms with Gasteiger partial charge in [0.1, 0.15) is 0 Å². The van der Waals surface area contributed by atoms with Crippen LogP contribution >= 0.6 is 27.3 Å². The lowest BCUT2D eigenvalue weighted by molar-refractivity contribution is 0.0951. The van der Waals surface area contributed by atoms with Gasteiger partial charge in [0.15, 0.2) is 11.5 Å². The first-order valence-corrected chi connectivity index (χ1v) is 7.75. The van der Waals surface area contributed by atoms with E-state index >= 15 is 0 Å². The van der Waals surface area contributed by atoms with E-state index in [-0.39, 0.29) is 5.91 Å². The van der Waals surface area contributed by atoms with Crippen LogP contribution in [-0.2, 0) is 6.54 Å². The molecule has 0 aliphatic heterocycles. The number of anilines is 1. The van der Waals surface area contributed by atoms with Crippen LogP contribution in [0.2, 0.25) is 0 Å². The van der Waals surface area contributed by atoms with E-state index in [9.17, 15) is 4.79 Å². The Morgan fingerprint density at radius 3 is 2.57 bits per heavy atom. The highest BCUT2D eigenvalue weighted by Crippen LogP contribution is 2.32. The summed E-state index contributed by atoms with van der Waals surface area (Å²) in [5, 5.41) is 4.79. The van der Waals surface area contributed by atoms with Crippen molar-refractivity contribution in [2.75, 3.05) is 20.0 Å². The average molecular weight is 371 g/mol. The molecular weight excluding hydrogens is 356 g/mol. The summed E-state index contributed by atoms with van der Waals surface area (Å²) in [4.78, 5) is 13.3. The molecule has 21 heavy (non-hydrogen) atoms. The monoisotopic (exact) mass is 370 g/mol. The predicted octanol–water partition coefficient (Wildman–Crippen LogP) is 3.04. The largest absolute Gasteiger partial charge is 0.493 e. The van der Waals surface area contributed by atoms with Crippen LogP contribution in [0.3, 0.4) is 0 Å². The van der Waals surface area contributed by atoms with Gasteiger partial charge in [-0.2, -0.15) is 0 Å². The number of carbonyl (C=O) groups excluding carboxylic acids is 1. The molecular formula is C14H15BrN2O3S. The zero-order chi connectivity index (χ0) is 15.4. The minimum absolute atomic E-state index is 0.256. The number of rotatable bonds is 5. The number of hydrogen-bond donors (Lipinski definition) is 2. The summed E-state index contributed by atoms with van der Waals surface area (Å²) < 4.78 is 11.3. The number of thiophene rings is 1. The number of nitrogens with two attached hydrogens (primary N) is 1. The molecule has 0 atom stereocenters. The Kier molecular flexibility index (Phi) is 5.08. The van der Waals surface area contributed by atoms with Crippen molar-refractivity contribution in [3.05, 3.63) is 38.5 Å². The minimum atomic E-state index is -0.256. The molecule has 5 nitrogen and oxygen atoms in total. The van der Waals surface area contributed by atoms with Gasteiger partial charge in [-0.05, 0) is 33.4 Å². The van der Waals surface area contributed by atoms with E-state index in [1.807, 2.05) is 11.4 Å². The van der Waals surface area contributed by atoms with E-state index in [4.69, 9.17) is 15.2 Å². The van der Waals surface area contributed by atoms with E-state index in [1.165, 1.54) is 14.2 Å². The Morgan fingerprint density at radius 2 is 2.00 bits per heavy atom. The van der Waals surface area contributed by atoms with E-state index in [1.54, 1.807) is 23.5 Å². The maximum absolute atomic E-state index is 12.2. The van der Waals surface area contributed by atoms with Crippen LogP contribution in [-0.4, -0.2) is 20.1 Å². The molecule has 3 N–H and O–H groups in total. The normalized spacial score (nSPS) is 10.2. The van der Waals surface area contributed by atoms with Gasteiger partial charge in [0.2, 0.25) is 0 Å². The summed E-state index contributed by atoms with van der Waals surface area (Å²) in [6.45, 7) is 0.435. The molecule has 0 saturated carbocycles. The van der Waals surface area contributed by atoms with E-state index in [2.05, 4.69) is 21.2 Å². The van der Waals surface area contributed by atoms with Gasteiger partial charge in [0.25, 0.3) is 5.91 Å². The molecule has 2 aromatic rings. The van der Waals surface area contributed by atoms with Crippen LogP contribution in [0.4, 0.5) is 5.69 Å². The highest BCUT2D eigenvalue weighted by Gasteiger charge is 2.15. The van der Waals surface area contributed by atoms with Gasteiger partial charge < -0.3 is 20.5 Å². The zero-order valence-corrected chi connectivity index (χ0v) is 14.0. The first-order valence-electron chi connectivity index (χ1n) is 6.08.